The lowest BCUT2D eigenvalue weighted by Gasteiger charge is -2.31. The predicted molar refractivity (Wildman–Crippen MR) is 119 cm³/mol. The molecule has 0 unspecified atom stereocenters. The van der Waals surface area contributed by atoms with Crippen molar-refractivity contribution in [2.75, 3.05) is 27.2 Å². The fourth-order valence-corrected chi connectivity index (χ4v) is 3.86. The minimum Gasteiger partial charge on any atom is -0.507 e. The number of amides is 2. The van der Waals surface area contributed by atoms with Crippen LogP contribution in [0.4, 0.5) is 0 Å². The number of nitrogens with zero attached hydrogens (tertiary/aromatic N) is 1. The number of carbonyl (C=O) groups excluding carboxylic acids is 2. The highest BCUT2D eigenvalue weighted by atomic mass is 16.6. The second-order valence-electron chi connectivity index (χ2n) is 7.62. The number of phenols is 1. The Balaban J connectivity index is 1.56. The van der Waals surface area contributed by atoms with Crippen molar-refractivity contribution in [3.8, 4) is 5.75 Å². The number of carbonyl (C=O) groups is 2. The Hall–Kier alpha value is -3.16. The topological polar surface area (TPSA) is 90.9 Å². The van der Waals surface area contributed by atoms with E-state index >= 15 is 0 Å². The van der Waals surface area contributed by atoms with E-state index < -0.39 is 5.91 Å². The van der Waals surface area contributed by atoms with Gasteiger partial charge in [0.15, 0.2) is 0 Å². The van der Waals surface area contributed by atoms with Crippen LogP contribution in [-0.4, -0.2) is 49.1 Å². The number of rotatable bonds is 7. The number of benzene rings is 2. The smallest absolute Gasteiger partial charge is 0.278 e. The second-order valence-corrected chi connectivity index (χ2v) is 7.62. The summed E-state index contributed by atoms with van der Waals surface area (Å²) >= 11 is 0. The zero-order valence-electron chi connectivity index (χ0n) is 17.9. The van der Waals surface area contributed by atoms with Gasteiger partial charge in [0.25, 0.3) is 5.91 Å². The van der Waals surface area contributed by atoms with Gasteiger partial charge in [-0.25, -0.2) is 5.48 Å². The summed E-state index contributed by atoms with van der Waals surface area (Å²) in [6, 6.07) is 13.2. The average Bonchev–Trinajstić information content (AvgIpc) is 2.78. The molecule has 1 aliphatic heterocycles. The van der Waals surface area contributed by atoms with Crippen molar-refractivity contribution in [3.05, 3.63) is 70.8 Å². The summed E-state index contributed by atoms with van der Waals surface area (Å²) in [5.41, 5.74) is 5.51. The SMILES string of the molecule is CNCc1cccc(C2CCN(C(=O)C=Cc3ccc(C(=O)NOC)c(O)c3)CC2)c1. The van der Waals surface area contributed by atoms with Crippen LogP contribution in [0.25, 0.3) is 6.08 Å². The monoisotopic (exact) mass is 423 g/mol. The van der Waals surface area contributed by atoms with Crippen LogP contribution in [0.3, 0.4) is 0 Å². The van der Waals surface area contributed by atoms with Gasteiger partial charge >= 0.3 is 0 Å². The van der Waals surface area contributed by atoms with Gasteiger partial charge < -0.3 is 15.3 Å². The Morgan fingerprint density at radius 2 is 1.97 bits per heavy atom. The Morgan fingerprint density at radius 1 is 1.19 bits per heavy atom. The molecule has 0 saturated carbocycles. The van der Waals surface area contributed by atoms with Gasteiger partial charge in [0.1, 0.15) is 5.75 Å². The molecule has 1 heterocycles. The van der Waals surface area contributed by atoms with E-state index in [0.717, 1.165) is 19.4 Å². The molecule has 0 aromatic heterocycles. The molecule has 31 heavy (non-hydrogen) atoms. The molecule has 0 radical (unpaired) electrons. The highest BCUT2D eigenvalue weighted by Gasteiger charge is 2.23. The van der Waals surface area contributed by atoms with Crippen LogP contribution in [-0.2, 0) is 16.2 Å². The molecule has 2 aromatic rings. The van der Waals surface area contributed by atoms with Gasteiger partial charge in [0.2, 0.25) is 5.91 Å². The molecule has 2 aromatic carbocycles. The maximum atomic E-state index is 12.6. The summed E-state index contributed by atoms with van der Waals surface area (Å²) in [6.45, 7) is 2.28. The molecular weight excluding hydrogens is 394 g/mol. The van der Waals surface area contributed by atoms with Crippen molar-refractivity contribution in [2.45, 2.75) is 25.3 Å². The predicted octanol–water partition coefficient (Wildman–Crippen LogP) is 2.82. The van der Waals surface area contributed by atoms with E-state index in [9.17, 15) is 14.7 Å². The summed E-state index contributed by atoms with van der Waals surface area (Å²) in [4.78, 5) is 30.8. The Morgan fingerprint density at radius 3 is 2.65 bits per heavy atom. The van der Waals surface area contributed by atoms with Gasteiger partial charge in [-0.2, -0.15) is 0 Å². The molecule has 0 aliphatic carbocycles. The molecule has 1 aliphatic rings. The Bertz CT molecular complexity index is 950. The second kappa shape index (κ2) is 10.7. The van der Waals surface area contributed by atoms with Gasteiger partial charge in [-0.3, -0.25) is 14.4 Å². The van der Waals surface area contributed by atoms with E-state index in [4.69, 9.17) is 0 Å². The first-order chi connectivity index (χ1) is 15.0. The molecule has 3 N–H and O–H groups in total. The van der Waals surface area contributed by atoms with Crippen LogP contribution >= 0.6 is 0 Å². The molecule has 7 heteroatoms. The number of aromatic hydroxyl groups is 1. The molecule has 7 nitrogen and oxygen atoms in total. The summed E-state index contributed by atoms with van der Waals surface area (Å²) < 4.78 is 0. The molecule has 1 saturated heterocycles. The van der Waals surface area contributed by atoms with Gasteiger partial charge in [-0.15, -0.1) is 0 Å². The van der Waals surface area contributed by atoms with Gasteiger partial charge in [0, 0.05) is 25.7 Å². The van der Waals surface area contributed by atoms with Crippen molar-refractivity contribution in [2.24, 2.45) is 0 Å². The lowest BCUT2D eigenvalue weighted by atomic mass is 9.88. The van der Waals surface area contributed by atoms with Crippen LogP contribution in [0.5, 0.6) is 5.75 Å². The highest BCUT2D eigenvalue weighted by molar-refractivity contribution is 5.97. The third-order valence-corrected chi connectivity index (χ3v) is 5.49. The summed E-state index contributed by atoms with van der Waals surface area (Å²) in [7, 11) is 3.26. The van der Waals surface area contributed by atoms with E-state index in [0.29, 0.717) is 24.6 Å². The largest absolute Gasteiger partial charge is 0.507 e. The molecule has 1 fully saturated rings. The summed E-state index contributed by atoms with van der Waals surface area (Å²) in [5.74, 6) is -0.299. The van der Waals surface area contributed by atoms with Crippen molar-refractivity contribution in [3.63, 3.8) is 0 Å². The summed E-state index contributed by atoms with van der Waals surface area (Å²) in [6.07, 6.45) is 5.03. The van der Waals surface area contributed by atoms with E-state index in [2.05, 4.69) is 39.9 Å². The first-order valence-corrected chi connectivity index (χ1v) is 10.4. The van der Waals surface area contributed by atoms with E-state index in [1.54, 1.807) is 12.1 Å². The minimum atomic E-state index is -0.536. The van der Waals surface area contributed by atoms with E-state index in [-0.39, 0.29) is 17.2 Å². The average molecular weight is 424 g/mol. The molecule has 0 bridgehead atoms. The lowest BCUT2D eigenvalue weighted by Crippen LogP contribution is -2.36. The van der Waals surface area contributed by atoms with E-state index in [1.807, 2.05) is 11.9 Å². The zero-order chi connectivity index (χ0) is 22.2. The van der Waals surface area contributed by atoms with Crippen molar-refractivity contribution in [1.82, 2.24) is 15.7 Å². The lowest BCUT2D eigenvalue weighted by molar-refractivity contribution is -0.126. The third-order valence-electron chi connectivity index (χ3n) is 5.49. The number of nitrogens with one attached hydrogen (secondary N) is 2. The van der Waals surface area contributed by atoms with Crippen LogP contribution < -0.4 is 10.8 Å². The maximum absolute atomic E-state index is 12.6. The van der Waals surface area contributed by atoms with Gasteiger partial charge in [-0.1, -0.05) is 30.3 Å². The standard InChI is InChI=1S/C24H29N3O4/c1-25-16-18-4-3-5-20(14-18)19-10-12-27(13-11-19)23(29)9-7-17-6-8-21(22(28)15-17)24(30)26-31-2/h3-9,14-15,19,25,28H,10-13,16H2,1-2H3,(H,26,30). The quantitative estimate of drug-likeness (QED) is 0.471. The Kier molecular flexibility index (Phi) is 7.81. The first kappa shape index (κ1) is 22.5. The van der Waals surface area contributed by atoms with Crippen molar-refractivity contribution in [1.29, 1.82) is 0 Å². The summed E-state index contributed by atoms with van der Waals surface area (Å²) in [5, 5.41) is 13.2. The normalized spacial score (nSPS) is 14.7. The van der Waals surface area contributed by atoms with Crippen LogP contribution in [0.1, 0.15) is 45.8 Å². The fourth-order valence-electron chi connectivity index (χ4n) is 3.86. The zero-order valence-corrected chi connectivity index (χ0v) is 17.9. The molecular formula is C24H29N3O4. The molecule has 0 atom stereocenters. The highest BCUT2D eigenvalue weighted by Crippen LogP contribution is 2.29. The maximum Gasteiger partial charge on any atom is 0.278 e. The van der Waals surface area contributed by atoms with Gasteiger partial charge in [-0.05, 0) is 60.7 Å². The molecule has 0 spiro atoms. The fraction of sp³-hybridized carbons (Fsp3) is 0.333. The number of hydrogen-bond acceptors (Lipinski definition) is 5. The number of piperidine rings is 1. The molecule has 3 rings (SSSR count). The third kappa shape index (κ3) is 5.93. The van der Waals surface area contributed by atoms with Crippen molar-refractivity contribution < 1.29 is 19.5 Å². The Labute approximate surface area is 182 Å². The van der Waals surface area contributed by atoms with Crippen LogP contribution in [0, 0.1) is 0 Å². The minimum absolute atomic E-state index is 0.0527. The van der Waals surface area contributed by atoms with Gasteiger partial charge in [0.05, 0.1) is 12.7 Å². The number of hydroxylamine groups is 1. The van der Waals surface area contributed by atoms with Crippen LogP contribution in [0.2, 0.25) is 0 Å². The number of likely N-dealkylation sites (tertiary alicyclic amines) is 1. The first-order valence-electron chi connectivity index (χ1n) is 10.4. The molecule has 2 amide bonds. The number of hydrogen-bond donors (Lipinski definition) is 3. The van der Waals surface area contributed by atoms with Crippen LogP contribution in [0.15, 0.2) is 48.5 Å². The molecule has 164 valence electrons. The number of phenolic OH excluding ortho intramolecular Hbond substituents is 1. The van der Waals surface area contributed by atoms with Crippen molar-refractivity contribution >= 4 is 17.9 Å². The van der Waals surface area contributed by atoms with E-state index in [1.165, 1.54) is 36.4 Å².